The Kier molecular flexibility index (Phi) is 31.6. The maximum atomic E-state index is 15.8. The molecule has 0 aromatic carbocycles. The number of alkyl halides is 5. The molecule has 12 atom stereocenters. The molecule has 25 nitrogen and oxygen atoms in total. The number of likely N-dealkylation sites (N-methyl/N-ethyl adjacent to an activating group) is 7. The van der Waals surface area contributed by atoms with E-state index in [4.69, 9.17) is 4.74 Å². The molecule has 12 amide bonds. The molecule has 0 radical (unpaired) electrons. The van der Waals surface area contributed by atoms with E-state index in [1.807, 2.05) is 54.5 Å². The van der Waals surface area contributed by atoms with E-state index in [0.29, 0.717) is 31.6 Å². The molecule has 3 heterocycles. The summed E-state index contributed by atoms with van der Waals surface area (Å²) in [5.41, 5.74) is -2.32. The van der Waals surface area contributed by atoms with Crippen molar-refractivity contribution in [3.8, 4) is 0 Å². The van der Waals surface area contributed by atoms with Crippen molar-refractivity contribution >= 4 is 70.9 Å². The van der Waals surface area contributed by atoms with Gasteiger partial charge in [0.05, 0.1) is 25.6 Å². The van der Waals surface area contributed by atoms with Crippen molar-refractivity contribution in [3.63, 3.8) is 0 Å². The fourth-order valence-electron chi connectivity index (χ4n) is 17.3. The Morgan fingerprint density at radius 2 is 1.27 bits per heavy atom. The van der Waals surface area contributed by atoms with Gasteiger partial charge in [-0.05, 0) is 112 Å². The third-order valence-corrected chi connectivity index (χ3v) is 23.7. The first-order valence-corrected chi connectivity index (χ1v) is 38.9. The molecule has 2 unspecified atom stereocenters. The van der Waals surface area contributed by atoms with Crippen LogP contribution in [0.3, 0.4) is 0 Å². The molecule has 30 heteroatoms. The Labute approximate surface area is 630 Å². The third-order valence-electron chi connectivity index (χ3n) is 23.7. The van der Waals surface area contributed by atoms with Crippen LogP contribution in [0.1, 0.15) is 191 Å². The van der Waals surface area contributed by atoms with Crippen LogP contribution in [0.4, 0.5) is 22.0 Å². The Bertz CT molecular complexity index is 3160. The molecule has 3 saturated carbocycles. The third kappa shape index (κ3) is 21.9. The number of nitrogens with one attached hydrogen (secondary N) is 3. The Morgan fingerprint density at radius 1 is 0.664 bits per heavy atom. The van der Waals surface area contributed by atoms with Crippen molar-refractivity contribution in [1.29, 1.82) is 0 Å². The lowest BCUT2D eigenvalue weighted by molar-refractivity contribution is -0.219. The fourth-order valence-corrected chi connectivity index (χ4v) is 17.3. The monoisotopic (exact) mass is 1520 g/mol. The highest BCUT2D eigenvalue weighted by molar-refractivity contribution is 6.01. The number of rotatable bonds is 15. The molecular formula is C77H125F5N12O13. The predicted octanol–water partition coefficient (Wildman–Crippen LogP) is 6.69. The SMILES string of the molecule is CCO[C@@H]1C[C@H]2C(=O)NC3(CC(C)(C)C3)C(=O)N(C)[C@@H](C(CC)CC)C(=O)N(C)[C@H](C(=O)N(C)C)CC(=O)N(C)[C@@H](CC(C)C)C(=O)N[C@@H]([C@@H](C)CC)C(=O)N(C)CC(=O)N(C)[C@H]3C/C=C\CCN(C3=O)[C@@H](CC3CCC(C)CC3)C(=O)N(C)CC(=O)N[C@@H](CCC3CC(F)C(C(F)(F)F)C(F)C3)C(=O)N2C1. The number of nitrogens with zero attached hydrogens (tertiary/aromatic N) is 9. The highest BCUT2D eigenvalue weighted by Gasteiger charge is 2.60. The molecule has 107 heavy (non-hydrogen) atoms. The standard InChI is InChI=1S/C77H125F5N12O13/c1-19-47(8)64-72(104)88(14)42-62(97)89(15)55-26-24-23-25-33-93(71(55)103)59(37-48-29-27-46(7)28-30-48)70(102)87(13)41-60(95)83-54(32-31-49-35-52(78)63(53(79)36-49)77(80,81)82)68(100)94-40-51(107-22-4)38-57(94)67(99)85-76(43-75(9,10)44-76)74(106)92(18)65(50(20-2)21-3)73(105)91(17)58(69(101)86(11)12)39-61(96)90(16)56(34-45(5)6)66(98)84-64/h23-24,45-59,63-65H,19-22,25-44H2,1-18H3,(H,83,95)(H,84,98)(H,85,99)/b24-23-/t46?,47-,48?,49?,51+,52?,53?,54-,55-,56-,57-,58-,59-,63?,64-,65-/m0/s1. The van der Waals surface area contributed by atoms with Gasteiger partial charge in [-0.25, -0.2) is 8.78 Å². The molecule has 6 rings (SSSR count). The van der Waals surface area contributed by atoms with Gasteiger partial charge in [-0.2, -0.15) is 13.2 Å². The Morgan fingerprint density at radius 3 is 1.82 bits per heavy atom. The van der Waals surface area contributed by atoms with Crippen LogP contribution >= 0.6 is 0 Å². The van der Waals surface area contributed by atoms with Gasteiger partial charge < -0.3 is 64.8 Å². The largest absolute Gasteiger partial charge is 0.397 e. The zero-order chi connectivity index (χ0) is 80.2. The molecule has 3 N–H and O–H groups in total. The lowest BCUT2D eigenvalue weighted by Crippen LogP contribution is -2.71. The molecule has 5 fully saturated rings. The lowest BCUT2D eigenvalue weighted by atomic mass is 9.58. The Balaban J connectivity index is 1.50. The summed E-state index contributed by atoms with van der Waals surface area (Å²) >= 11 is 0. The first-order chi connectivity index (χ1) is 50.0. The normalized spacial score (nSPS) is 31.6. The molecular weight excluding hydrogens is 1400 g/mol. The highest BCUT2D eigenvalue weighted by atomic mass is 19.4. The number of hydrogen-bond acceptors (Lipinski definition) is 13. The van der Waals surface area contributed by atoms with Crippen molar-refractivity contribution in [1.82, 2.24) is 60.0 Å². The second-order valence-electron chi connectivity index (χ2n) is 33.2. The molecule has 0 aromatic rings. The van der Waals surface area contributed by atoms with Crippen molar-refractivity contribution in [2.24, 2.45) is 46.8 Å². The van der Waals surface area contributed by atoms with Crippen LogP contribution in [0.25, 0.3) is 0 Å². The summed E-state index contributed by atoms with van der Waals surface area (Å²) in [5, 5.41) is 8.63. The molecule has 606 valence electrons. The maximum absolute atomic E-state index is 15.8. The fraction of sp³-hybridized carbons (Fsp3) is 0.818. The quantitative estimate of drug-likeness (QED) is 0.114. The van der Waals surface area contributed by atoms with Crippen LogP contribution in [0.5, 0.6) is 0 Å². The minimum absolute atomic E-state index is 0.0101. The van der Waals surface area contributed by atoms with Gasteiger partial charge in [-0.1, -0.05) is 119 Å². The van der Waals surface area contributed by atoms with Crippen molar-refractivity contribution < 1.29 is 84.2 Å². The van der Waals surface area contributed by atoms with Gasteiger partial charge in [0.2, 0.25) is 70.9 Å². The first kappa shape index (κ1) is 88.9. The van der Waals surface area contributed by atoms with E-state index >= 15 is 37.5 Å². The highest BCUT2D eigenvalue weighted by Crippen LogP contribution is 2.50. The molecule has 3 aliphatic heterocycles. The summed E-state index contributed by atoms with van der Waals surface area (Å²) in [6, 6.07) is -10.8. The number of carbonyl (C=O) groups excluding carboxylic acids is 12. The van der Waals surface area contributed by atoms with Crippen LogP contribution < -0.4 is 16.0 Å². The zero-order valence-electron chi connectivity index (χ0n) is 66.7. The van der Waals surface area contributed by atoms with Gasteiger partial charge in [0.15, 0.2) is 0 Å². The van der Waals surface area contributed by atoms with Crippen LogP contribution in [-0.2, 0) is 62.3 Å². The molecule has 6 aliphatic rings. The van der Waals surface area contributed by atoms with E-state index in [-0.39, 0.29) is 76.5 Å². The van der Waals surface area contributed by atoms with E-state index in [9.17, 15) is 41.9 Å². The van der Waals surface area contributed by atoms with E-state index in [0.717, 1.165) is 40.4 Å². The summed E-state index contributed by atoms with van der Waals surface area (Å²) in [5.74, 6) is -13.6. The predicted molar refractivity (Wildman–Crippen MR) is 392 cm³/mol. The molecule has 3 aliphatic carbocycles. The van der Waals surface area contributed by atoms with Gasteiger partial charge in [0.1, 0.15) is 72.1 Å². The maximum Gasteiger partial charge on any atom is 0.397 e. The smallest absolute Gasteiger partial charge is 0.377 e. The molecule has 2 bridgehead atoms. The summed E-state index contributed by atoms with van der Waals surface area (Å²) in [7, 11) is 11.2. The number of carbonyl (C=O) groups is 12. The van der Waals surface area contributed by atoms with Crippen molar-refractivity contribution in [2.45, 2.75) is 270 Å². The summed E-state index contributed by atoms with van der Waals surface area (Å²) in [6.45, 7) is 17.1. The zero-order valence-corrected chi connectivity index (χ0v) is 66.7. The van der Waals surface area contributed by atoms with Crippen LogP contribution in [0.15, 0.2) is 12.2 Å². The Hall–Kier alpha value is -7.01. The van der Waals surface area contributed by atoms with E-state index in [2.05, 4.69) is 22.9 Å². The molecule has 2 saturated heterocycles. The number of fused-ring (bicyclic) bond motifs is 3. The lowest BCUT2D eigenvalue weighted by Gasteiger charge is -2.54. The summed E-state index contributed by atoms with van der Waals surface area (Å²) < 4.78 is 79.1. The van der Waals surface area contributed by atoms with Crippen LogP contribution in [0.2, 0.25) is 0 Å². The second kappa shape index (κ2) is 38.1. The van der Waals surface area contributed by atoms with E-state index in [1.54, 1.807) is 19.9 Å². The van der Waals surface area contributed by atoms with E-state index in [1.165, 1.54) is 85.8 Å². The van der Waals surface area contributed by atoms with Crippen molar-refractivity contribution in [2.75, 3.05) is 89.2 Å². The van der Waals surface area contributed by atoms with Crippen LogP contribution in [-0.4, -0.2) is 283 Å². The summed E-state index contributed by atoms with van der Waals surface area (Å²) in [4.78, 5) is 193. The average molecular weight is 1520 g/mol. The van der Waals surface area contributed by atoms with Gasteiger partial charge in [-0.3, -0.25) is 57.5 Å². The molecule has 1 spiro atoms. The van der Waals surface area contributed by atoms with Gasteiger partial charge in [0, 0.05) is 82.5 Å². The summed E-state index contributed by atoms with van der Waals surface area (Å²) in [6.07, 6.45) is -5.67. The minimum Gasteiger partial charge on any atom is -0.377 e. The van der Waals surface area contributed by atoms with Crippen LogP contribution in [0, 0.1) is 46.8 Å². The van der Waals surface area contributed by atoms with Gasteiger partial charge >= 0.3 is 6.18 Å². The first-order valence-electron chi connectivity index (χ1n) is 38.9. The van der Waals surface area contributed by atoms with Crippen molar-refractivity contribution in [3.05, 3.63) is 12.2 Å². The number of ether oxygens (including phenoxy) is 1. The minimum atomic E-state index is -5.18. The second-order valence-corrected chi connectivity index (χ2v) is 33.2. The number of hydrogen-bond donors (Lipinski definition) is 3. The average Bonchev–Trinajstić information content (AvgIpc) is 1.41. The van der Waals surface area contributed by atoms with Gasteiger partial charge in [0.25, 0.3) is 0 Å². The topological polar surface area (TPSA) is 279 Å². The number of halogens is 5. The van der Waals surface area contributed by atoms with E-state index < -0.39 is 217 Å². The van der Waals surface area contributed by atoms with Gasteiger partial charge in [-0.15, -0.1) is 0 Å². The molecule has 0 aromatic heterocycles. The number of amides is 12.